The molecule has 1 aliphatic carbocycles. The molecule has 118 valence electrons. The lowest BCUT2D eigenvalue weighted by Crippen LogP contribution is -2.27. The Morgan fingerprint density at radius 2 is 2.23 bits per heavy atom. The summed E-state index contributed by atoms with van der Waals surface area (Å²) in [5.41, 5.74) is 2.32. The Morgan fingerprint density at radius 1 is 1.41 bits per heavy atom. The van der Waals surface area contributed by atoms with E-state index >= 15 is 0 Å². The molecule has 1 amide bonds. The van der Waals surface area contributed by atoms with Gasteiger partial charge < -0.3 is 5.32 Å². The van der Waals surface area contributed by atoms with Crippen LogP contribution < -0.4 is 9.62 Å². The first-order valence-electron chi connectivity index (χ1n) is 7.51. The molecule has 1 N–H and O–H groups in total. The van der Waals surface area contributed by atoms with Gasteiger partial charge in [-0.3, -0.25) is 9.10 Å². The van der Waals surface area contributed by atoms with Crippen molar-refractivity contribution >= 4 is 27.3 Å². The predicted octanol–water partition coefficient (Wildman–Crippen LogP) is 2.30. The number of nitrogens with zero attached hydrogens (tertiary/aromatic N) is 1. The van der Waals surface area contributed by atoms with Crippen molar-refractivity contribution in [2.24, 2.45) is 5.92 Å². The lowest BCUT2D eigenvalue weighted by Gasteiger charge is -2.17. The fraction of sp³-hybridized carbons (Fsp3) is 0.438. The summed E-state index contributed by atoms with van der Waals surface area (Å²) in [6.45, 7) is 0.437. The summed E-state index contributed by atoms with van der Waals surface area (Å²) in [5.74, 6) is 0.312. The van der Waals surface area contributed by atoms with Gasteiger partial charge in [0.1, 0.15) is 0 Å². The van der Waals surface area contributed by atoms with Gasteiger partial charge in [0.25, 0.3) is 0 Å². The molecule has 3 rings (SSSR count). The summed E-state index contributed by atoms with van der Waals surface area (Å²) >= 11 is 0. The van der Waals surface area contributed by atoms with Gasteiger partial charge in [-0.15, -0.1) is 0 Å². The molecule has 0 aromatic heterocycles. The van der Waals surface area contributed by atoms with Crippen LogP contribution in [0.2, 0.25) is 0 Å². The lowest BCUT2D eigenvalue weighted by atomic mass is 10.0. The van der Waals surface area contributed by atoms with Gasteiger partial charge in [0.2, 0.25) is 15.9 Å². The van der Waals surface area contributed by atoms with Gasteiger partial charge in [-0.1, -0.05) is 18.2 Å². The van der Waals surface area contributed by atoms with Crippen LogP contribution in [0.5, 0.6) is 0 Å². The molecule has 1 aromatic carbocycles. The fourth-order valence-corrected chi connectivity index (χ4v) is 4.12. The minimum absolute atomic E-state index is 0.0113. The molecular weight excluding hydrogens is 300 g/mol. The SMILES string of the molecule is CS(=O)(=O)N1CCc2c(NC(=O)CC3C=CCC3)cccc21. The van der Waals surface area contributed by atoms with Crippen molar-refractivity contribution in [1.29, 1.82) is 0 Å². The molecule has 1 heterocycles. The molecule has 1 atom stereocenters. The molecule has 0 saturated carbocycles. The van der Waals surface area contributed by atoms with Crippen LogP contribution in [0.25, 0.3) is 0 Å². The van der Waals surface area contributed by atoms with E-state index in [1.165, 1.54) is 10.6 Å². The summed E-state index contributed by atoms with van der Waals surface area (Å²) in [5, 5.41) is 2.95. The standard InChI is InChI=1S/C16H20N2O3S/c1-22(20,21)18-10-9-13-14(7-4-8-15(13)18)17-16(19)11-12-5-2-3-6-12/h2,4-5,7-8,12H,3,6,9-11H2,1H3,(H,17,19). The maximum absolute atomic E-state index is 12.2. The number of allylic oxidation sites excluding steroid dienone is 2. The third kappa shape index (κ3) is 3.02. The van der Waals surface area contributed by atoms with Gasteiger partial charge in [-0.25, -0.2) is 8.42 Å². The first-order chi connectivity index (χ1) is 10.4. The second-order valence-corrected chi connectivity index (χ2v) is 7.81. The Labute approximate surface area is 131 Å². The highest BCUT2D eigenvalue weighted by atomic mass is 32.2. The minimum atomic E-state index is -3.27. The quantitative estimate of drug-likeness (QED) is 0.866. The summed E-state index contributed by atoms with van der Waals surface area (Å²) in [6, 6.07) is 5.42. The highest BCUT2D eigenvalue weighted by Crippen LogP contribution is 2.35. The second-order valence-electron chi connectivity index (χ2n) is 5.91. The molecule has 5 nitrogen and oxygen atoms in total. The number of fused-ring (bicyclic) bond motifs is 1. The largest absolute Gasteiger partial charge is 0.326 e. The summed E-state index contributed by atoms with van der Waals surface area (Å²) in [4.78, 5) is 12.2. The zero-order valence-electron chi connectivity index (χ0n) is 12.6. The van der Waals surface area contributed by atoms with Crippen LogP contribution in [0.4, 0.5) is 11.4 Å². The van der Waals surface area contributed by atoms with E-state index in [1.807, 2.05) is 6.07 Å². The molecule has 0 spiro atoms. The normalized spacial score (nSPS) is 20.2. The topological polar surface area (TPSA) is 66.5 Å². The number of carbonyl (C=O) groups is 1. The number of nitrogens with one attached hydrogen (secondary N) is 1. The molecule has 0 bridgehead atoms. The highest BCUT2D eigenvalue weighted by molar-refractivity contribution is 7.92. The third-order valence-corrected chi connectivity index (χ3v) is 5.40. The first kappa shape index (κ1) is 15.1. The second kappa shape index (κ2) is 5.76. The monoisotopic (exact) mass is 320 g/mol. The molecule has 1 unspecified atom stereocenters. The van der Waals surface area contributed by atoms with Crippen LogP contribution in [0, 0.1) is 5.92 Å². The number of hydrogen-bond acceptors (Lipinski definition) is 3. The summed E-state index contributed by atoms with van der Waals surface area (Å²) in [7, 11) is -3.27. The van der Waals surface area contributed by atoms with E-state index in [4.69, 9.17) is 0 Å². The zero-order valence-corrected chi connectivity index (χ0v) is 13.4. The molecule has 2 aliphatic rings. The highest BCUT2D eigenvalue weighted by Gasteiger charge is 2.28. The van der Waals surface area contributed by atoms with Gasteiger partial charge in [0, 0.05) is 24.2 Å². The Balaban J connectivity index is 1.77. The maximum atomic E-state index is 12.2. The molecule has 0 fully saturated rings. The summed E-state index contributed by atoms with van der Waals surface area (Å²) < 4.78 is 25.0. The average Bonchev–Trinajstić information content (AvgIpc) is 3.06. The van der Waals surface area contributed by atoms with Crippen molar-refractivity contribution in [3.63, 3.8) is 0 Å². The van der Waals surface area contributed by atoms with E-state index in [1.54, 1.807) is 12.1 Å². The molecule has 0 saturated heterocycles. The van der Waals surface area contributed by atoms with Crippen LogP contribution in [0.1, 0.15) is 24.8 Å². The van der Waals surface area contributed by atoms with Crippen LogP contribution in [0.3, 0.4) is 0 Å². The molecule has 22 heavy (non-hydrogen) atoms. The van der Waals surface area contributed by atoms with E-state index in [9.17, 15) is 13.2 Å². The van der Waals surface area contributed by atoms with Gasteiger partial charge in [-0.2, -0.15) is 0 Å². The van der Waals surface area contributed by atoms with Gasteiger partial charge in [0.15, 0.2) is 0 Å². The van der Waals surface area contributed by atoms with Crippen molar-refractivity contribution in [2.45, 2.75) is 25.7 Å². The number of rotatable bonds is 4. The smallest absolute Gasteiger partial charge is 0.232 e. The average molecular weight is 320 g/mol. The Morgan fingerprint density at radius 3 is 2.91 bits per heavy atom. The Bertz CT molecular complexity index is 725. The van der Waals surface area contributed by atoms with E-state index in [0.717, 1.165) is 24.1 Å². The Hall–Kier alpha value is -1.82. The molecule has 6 heteroatoms. The number of anilines is 2. The number of amides is 1. The van der Waals surface area contributed by atoms with E-state index < -0.39 is 10.0 Å². The van der Waals surface area contributed by atoms with Crippen molar-refractivity contribution in [2.75, 3.05) is 22.4 Å². The van der Waals surface area contributed by atoms with Crippen LogP contribution in [0.15, 0.2) is 30.4 Å². The molecule has 1 aromatic rings. The van der Waals surface area contributed by atoms with Crippen LogP contribution in [-0.4, -0.2) is 27.1 Å². The van der Waals surface area contributed by atoms with Crippen molar-refractivity contribution in [3.8, 4) is 0 Å². The van der Waals surface area contributed by atoms with Gasteiger partial charge in [-0.05, 0) is 37.3 Å². The minimum Gasteiger partial charge on any atom is -0.326 e. The molecule has 0 radical (unpaired) electrons. The maximum Gasteiger partial charge on any atom is 0.232 e. The number of carbonyl (C=O) groups excluding carboxylic acids is 1. The summed E-state index contributed by atoms with van der Waals surface area (Å²) in [6.07, 6.45) is 8.60. The number of hydrogen-bond donors (Lipinski definition) is 1. The third-order valence-electron chi connectivity index (χ3n) is 4.22. The number of benzene rings is 1. The van der Waals surface area contributed by atoms with Crippen molar-refractivity contribution in [1.82, 2.24) is 0 Å². The van der Waals surface area contributed by atoms with Gasteiger partial charge in [0.05, 0.1) is 11.9 Å². The van der Waals surface area contributed by atoms with E-state index in [2.05, 4.69) is 17.5 Å². The predicted molar refractivity (Wildman–Crippen MR) is 87.4 cm³/mol. The van der Waals surface area contributed by atoms with E-state index in [-0.39, 0.29) is 5.91 Å². The zero-order chi connectivity index (χ0) is 15.7. The van der Waals surface area contributed by atoms with E-state index in [0.29, 0.717) is 31.0 Å². The fourth-order valence-electron chi connectivity index (χ4n) is 3.17. The number of sulfonamides is 1. The first-order valence-corrected chi connectivity index (χ1v) is 9.36. The van der Waals surface area contributed by atoms with Crippen LogP contribution >= 0.6 is 0 Å². The lowest BCUT2D eigenvalue weighted by molar-refractivity contribution is -0.116. The van der Waals surface area contributed by atoms with Crippen LogP contribution in [-0.2, 0) is 21.2 Å². The molecular formula is C16H20N2O3S. The van der Waals surface area contributed by atoms with Crippen molar-refractivity contribution in [3.05, 3.63) is 35.9 Å². The van der Waals surface area contributed by atoms with Crippen molar-refractivity contribution < 1.29 is 13.2 Å². The van der Waals surface area contributed by atoms with Gasteiger partial charge >= 0.3 is 0 Å². The Kier molecular flexibility index (Phi) is 3.95. The molecule has 1 aliphatic heterocycles.